The SMILES string of the molecule is CN(C)c1ccc(/C=N/NC(=O)Cn2cnc3ccc(Br)cc3c2=O)cc1. The van der Waals surface area contributed by atoms with Crippen LogP contribution in [-0.2, 0) is 11.3 Å². The highest BCUT2D eigenvalue weighted by Crippen LogP contribution is 2.14. The van der Waals surface area contributed by atoms with Gasteiger partial charge < -0.3 is 4.90 Å². The fourth-order valence-electron chi connectivity index (χ4n) is 2.47. The summed E-state index contributed by atoms with van der Waals surface area (Å²) in [6.07, 6.45) is 2.91. The maximum absolute atomic E-state index is 12.5. The molecule has 0 bridgehead atoms. The number of rotatable bonds is 5. The van der Waals surface area contributed by atoms with Crippen molar-refractivity contribution in [3.05, 3.63) is 69.2 Å². The van der Waals surface area contributed by atoms with Crippen LogP contribution in [0.4, 0.5) is 5.69 Å². The second-order valence-electron chi connectivity index (χ2n) is 6.12. The molecule has 0 unspecified atom stereocenters. The van der Waals surface area contributed by atoms with Crippen LogP contribution in [0.1, 0.15) is 5.56 Å². The van der Waals surface area contributed by atoms with Gasteiger partial charge in [0.1, 0.15) is 6.54 Å². The zero-order valence-electron chi connectivity index (χ0n) is 14.9. The number of hydrogen-bond donors (Lipinski definition) is 1. The molecule has 1 aromatic heterocycles. The Morgan fingerprint density at radius 3 is 2.70 bits per heavy atom. The fraction of sp³-hybridized carbons (Fsp3) is 0.158. The maximum atomic E-state index is 12.5. The molecule has 8 heteroatoms. The van der Waals surface area contributed by atoms with Crippen LogP contribution >= 0.6 is 15.9 Å². The summed E-state index contributed by atoms with van der Waals surface area (Å²) in [5.41, 5.74) is 4.66. The van der Waals surface area contributed by atoms with Gasteiger partial charge in [-0.05, 0) is 35.9 Å². The number of amides is 1. The van der Waals surface area contributed by atoms with Gasteiger partial charge in [-0.2, -0.15) is 5.10 Å². The minimum Gasteiger partial charge on any atom is -0.378 e. The zero-order chi connectivity index (χ0) is 19.4. The van der Waals surface area contributed by atoms with Gasteiger partial charge in [-0.25, -0.2) is 10.4 Å². The topological polar surface area (TPSA) is 79.6 Å². The molecule has 1 heterocycles. The number of carbonyl (C=O) groups is 1. The molecule has 0 atom stereocenters. The van der Waals surface area contributed by atoms with Crippen LogP contribution in [0.3, 0.4) is 0 Å². The highest BCUT2D eigenvalue weighted by molar-refractivity contribution is 9.10. The van der Waals surface area contributed by atoms with Gasteiger partial charge in [-0.1, -0.05) is 28.1 Å². The molecular weight excluding hydrogens is 410 g/mol. The lowest BCUT2D eigenvalue weighted by atomic mass is 10.2. The third kappa shape index (κ3) is 4.59. The minimum absolute atomic E-state index is 0.162. The van der Waals surface area contributed by atoms with Crippen molar-refractivity contribution < 1.29 is 4.79 Å². The van der Waals surface area contributed by atoms with E-state index in [2.05, 4.69) is 31.4 Å². The highest BCUT2D eigenvalue weighted by atomic mass is 79.9. The van der Waals surface area contributed by atoms with Gasteiger partial charge in [-0.15, -0.1) is 0 Å². The Morgan fingerprint density at radius 1 is 1.26 bits per heavy atom. The Bertz CT molecular complexity index is 1060. The van der Waals surface area contributed by atoms with E-state index in [0.717, 1.165) is 15.7 Å². The third-order valence-electron chi connectivity index (χ3n) is 3.91. The number of carbonyl (C=O) groups excluding carboxylic acids is 1. The molecular formula is C19H18BrN5O2. The van der Waals surface area contributed by atoms with E-state index in [0.29, 0.717) is 10.9 Å². The number of halogens is 1. The number of nitrogens with one attached hydrogen (secondary N) is 1. The van der Waals surface area contributed by atoms with Gasteiger partial charge >= 0.3 is 0 Å². The molecule has 0 saturated heterocycles. The summed E-state index contributed by atoms with van der Waals surface area (Å²) >= 11 is 3.33. The van der Waals surface area contributed by atoms with Crippen LogP contribution in [0.25, 0.3) is 10.9 Å². The second-order valence-corrected chi connectivity index (χ2v) is 7.03. The first kappa shape index (κ1) is 18.8. The number of anilines is 1. The number of benzene rings is 2. The molecule has 0 spiro atoms. The maximum Gasteiger partial charge on any atom is 0.261 e. The van der Waals surface area contributed by atoms with E-state index in [-0.39, 0.29) is 12.1 Å². The summed E-state index contributed by atoms with van der Waals surface area (Å²) in [5.74, 6) is -0.408. The molecule has 0 aliphatic carbocycles. The summed E-state index contributed by atoms with van der Waals surface area (Å²) in [4.78, 5) is 30.8. The number of aromatic nitrogens is 2. The van der Waals surface area contributed by atoms with Crippen LogP contribution in [0.2, 0.25) is 0 Å². The number of fused-ring (bicyclic) bond motifs is 1. The number of hydrazone groups is 1. The minimum atomic E-state index is -0.408. The molecule has 3 rings (SSSR count). The first-order valence-electron chi connectivity index (χ1n) is 8.18. The lowest BCUT2D eigenvalue weighted by Crippen LogP contribution is -2.30. The van der Waals surface area contributed by atoms with E-state index >= 15 is 0 Å². The van der Waals surface area contributed by atoms with Crippen molar-refractivity contribution in [3.8, 4) is 0 Å². The number of nitrogens with zero attached hydrogens (tertiary/aromatic N) is 4. The molecule has 0 aliphatic heterocycles. The number of hydrogen-bond acceptors (Lipinski definition) is 5. The zero-order valence-corrected chi connectivity index (χ0v) is 16.5. The molecule has 0 radical (unpaired) electrons. The van der Waals surface area contributed by atoms with Gasteiger partial charge in [0.25, 0.3) is 11.5 Å². The third-order valence-corrected chi connectivity index (χ3v) is 4.41. The Hall–Kier alpha value is -3.00. The molecule has 3 aromatic rings. The van der Waals surface area contributed by atoms with Gasteiger partial charge in [0.05, 0.1) is 23.4 Å². The second kappa shape index (κ2) is 8.13. The summed E-state index contributed by atoms with van der Waals surface area (Å²) in [7, 11) is 3.93. The molecule has 27 heavy (non-hydrogen) atoms. The Morgan fingerprint density at radius 2 is 2.00 bits per heavy atom. The van der Waals surface area contributed by atoms with E-state index in [1.807, 2.05) is 49.3 Å². The van der Waals surface area contributed by atoms with Crippen molar-refractivity contribution in [3.63, 3.8) is 0 Å². The smallest absolute Gasteiger partial charge is 0.261 e. The highest BCUT2D eigenvalue weighted by Gasteiger charge is 2.08. The van der Waals surface area contributed by atoms with Gasteiger partial charge in [0.15, 0.2) is 0 Å². The molecule has 7 nitrogen and oxygen atoms in total. The first-order chi connectivity index (χ1) is 12.9. The Labute approximate surface area is 164 Å². The van der Waals surface area contributed by atoms with Crippen molar-refractivity contribution >= 4 is 44.6 Å². The summed E-state index contributed by atoms with van der Waals surface area (Å²) in [5, 5.41) is 4.39. The first-order valence-corrected chi connectivity index (χ1v) is 8.97. The van der Waals surface area contributed by atoms with E-state index in [4.69, 9.17) is 0 Å². The van der Waals surface area contributed by atoms with Crippen LogP contribution in [0.5, 0.6) is 0 Å². The predicted molar refractivity (Wildman–Crippen MR) is 110 cm³/mol. The van der Waals surface area contributed by atoms with Crippen molar-refractivity contribution in [2.75, 3.05) is 19.0 Å². The Balaban J connectivity index is 1.66. The predicted octanol–water partition coefficient (Wildman–Crippen LogP) is 2.38. The summed E-state index contributed by atoms with van der Waals surface area (Å²) in [6, 6.07) is 13.0. The molecule has 1 amide bonds. The normalized spacial score (nSPS) is 11.1. The van der Waals surface area contributed by atoms with Gasteiger partial charge in [-0.3, -0.25) is 14.2 Å². The molecule has 0 saturated carbocycles. The average Bonchev–Trinajstić information content (AvgIpc) is 2.65. The standard InChI is InChI=1S/C19H18BrN5O2/c1-24(2)15-6-3-13(4-7-15)10-22-23-18(26)11-25-12-21-17-8-5-14(20)9-16(17)19(25)27/h3-10,12H,11H2,1-2H3,(H,23,26)/b22-10+. The quantitative estimate of drug-likeness (QED) is 0.500. The lowest BCUT2D eigenvalue weighted by Gasteiger charge is -2.11. The largest absolute Gasteiger partial charge is 0.378 e. The van der Waals surface area contributed by atoms with E-state index in [1.54, 1.807) is 18.3 Å². The van der Waals surface area contributed by atoms with E-state index in [9.17, 15) is 9.59 Å². The molecule has 2 aromatic carbocycles. The summed E-state index contributed by atoms with van der Waals surface area (Å²) in [6.45, 7) is -0.162. The van der Waals surface area contributed by atoms with Crippen molar-refractivity contribution in [2.45, 2.75) is 6.54 Å². The molecule has 0 aliphatic rings. The molecule has 0 fully saturated rings. The van der Waals surface area contributed by atoms with Crippen LogP contribution in [0.15, 0.2) is 63.2 Å². The van der Waals surface area contributed by atoms with Crippen molar-refractivity contribution in [1.82, 2.24) is 15.0 Å². The van der Waals surface area contributed by atoms with Crippen molar-refractivity contribution in [2.24, 2.45) is 5.10 Å². The monoisotopic (exact) mass is 427 g/mol. The lowest BCUT2D eigenvalue weighted by molar-refractivity contribution is -0.121. The average molecular weight is 428 g/mol. The Kier molecular flexibility index (Phi) is 5.66. The fourth-order valence-corrected chi connectivity index (χ4v) is 2.83. The van der Waals surface area contributed by atoms with Crippen LogP contribution < -0.4 is 15.9 Å². The van der Waals surface area contributed by atoms with Crippen molar-refractivity contribution in [1.29, 1.82) is 0 Å². The van der Waals surface area contributed by atoms with Crippen LogP contribution in [-0.4, -0.2) is 35.8 Å². The van der Waals surface area contributed by atoms with Gasteiger partial charge in [0.2, 0.25) is 0 Å². The molecule has 138 valence electrons. The summed E-state index contributed by atoms with van der Waals surface area (Å²) < 4.78 is 2.03. The van der Waals surface area contributed by atoms with E-state index < -0.39 is 5.91 Å². The van der Waals surface area contributed by atoms with Crippen LogP contribution in [0, 0.1) is 0 Å². The molecule has 1 N–H and O–H groups in total. The van der Waals surface area contributed by atoms with E-state index in [1.165, 1.54) is 10.9 Å². The van der Waals surface area contributed by atoms with Gasteiger partial charge in [0, 0.05) is 24.3 Å².